The average molecular weight is 549 g/mol. The van der Waals surface area contributed by atoms with Gasteiger partial charge in [0.25, 0.3) is 0 Å². The Kier molecular flexibility index (Phi) is 7.42. The molecule has 0 bridgehead atoms. The Hall–Kier alpha value is -1.36. The van der Waals surface area contributed by atoms with Gasteiger partial charge < -0.3 is 40.3 Å². The minimum Gasteiger partial charge on any atom is -0.387 e. The minimum absolute atomic E-state index is 0.0416. The topological polar surface area (TPSA) is 279 Å². The molecule has 192 valence electrons. The van der Waals surface area contributed by atoms with E-state index in [0.29, 0.717) is 0 Å². The van der Waals surface area contributed by atoms with Crippen LogP contribution in [0, 0.1) is 5.92 Å². The molecule has 2 unspecified atom stereocenters. The van der Waals surface area contributed by atoms with Crippen LogP contribution >= 0.6 is 23.5 Å². The van der Waals surface area contributed by atoms with Gasteiger partial charge in [-0.25, -0.2) is 28.6 Å². The summed E-state index contributed by atoms with van der Waals surface area (Å²) in [6, 6.07) is 0. The number of fused-ring (bicyclic) bond motifs is 1. The molecule has 0 saturated carbocycles. The SMILES string of the molecule is CC(C)[C@@]1(n2cnc3c(N)ncnc32)O[C@H](COP(=O)(O)OP(=O)(O)OP(=O)(O)O)[C@@H](O)[C@H]1O. The molecule has 3 heterocycles. The summed E-state index contributed by atoms with van der Waals surface area (Å²) in [6.45, 7) is 2.30. The molecule has 1 aliphatic heterocycles. The van der Waals surface area contributed by atoms with Crippen LogP contribution in [0.2, 0.25) is 0 Å². The number of imidazole rings is 1. The van der Waals surface area contributed by atoms with Crippen molar-refractivity contribution in [1.82, 2.24) is 19.5 Å². The third kappa shape index (κ3) is 5.39. The molecule has 0 radical (unpaired) electrons. The van der Waals surface area contributed by atoms with Gasteiger partial charge in [0, 0.05) is 5.92 Å². The van der Waals surface area contributed by atoms with E-state index in [2.05, 4.69) is 28.1 Å². The Bertz CT molecular complexity index is 1200. The maximum absolute atomic E-state index is 12.0. The summed E-state index contributed by atoms with van der Waals surface area (Å²) in [5.74, 6) is -0.526. The van der Waals surface area contributed by atoms with Crippen molar-refractivity contribution in [3.8, 4) is 0 Å². The van der Waals surface area contributed by atoms with Gasteiger partial charge in [-0.15, -0.1) is 0 Å². The van der Waals surface area contributed by atoms with E-state index in [-0.39, 0.29) is 17.0 Å². The molecule has 1 fully saturated rings. The summed E-state index contributed by atoms with van der Waals surface area (Å²) >= 11 is 0. The number of rotatable bonds is 9. The van der Waals surface area contributed by atoms with Crippen LogP contribution in [-0.2, 0) is 37.3 Å². The molecule has 1 saturated heterocycles. The number of hydrogen-bond donors (Lipinski definition) is 7. The maximum Gasteiger partial charge on any atom is 0.490 e. The van der Waals surface area contributed by atoms with Crippen molar-refractivity contribution < 1.29 is 61.4 Å². The number of aliphatic hydroxyl groups is 2. The van der Waals surface area contributed by atoms with Crippen molar-refractivity contribution in [2.75, 3.05) is 12.3 Å². The Balaban J connectivity index is 1.84. The molecule has 0 amide bonds. The normalized spacial score (nSPS) is 29.4. The first-order valence-corrected chi connectivity index (χ1v) is 13.8. The predicted molar refractivity (Wildman–Crippen MR) is 109 cm³/mol. The van der Waals surface area contributed by atoms with Crippen LogP contribution < -0.4 is 5.73 Å². The lowest BCUT2D eigenvalue weighted by Gasteiger charge is -2.37. The predicted octanol–water partition coefficient (Wildman–Crippen LogP) is -0.819. The van der Waals surface area contributed by atoms with E-state index in [9.17, 15) is 33.7 Å². The molecule has 0 aromatic carbocycles. The van der Waals surface area contributed by atoms with E-state index in [4.69, 9.17) is 20.3 Å². The molecule has 34 heavy (non-hydrogen) atoms. The Morgan fingerprint density at radius 3 is 2.35 bits per heavy atom. The second-order valence-electron chi connectivity index (χ2n) is 7.43. The zero-order chi connectivity index (χ0) is 25.7. The fourth-order valence-corrected chi connectivity index (χ4v) is 6.53. The molecule has 18 nitrogen and oxygen atoms in total. The third-order valence-electron chi connectivity index (χ3n) is 4.85. The quantitative estimate of drug-likeness (QED) is 0.188. The summed E-state index contributed by atoms with van der Waals surface area (Å²) in [5, 5.41) is 21.4. The van der Waals surface area contributed by atoms with Crippen molar-refractivity contribution in [3.05, 3.63) is 12.7 Å². The number of aliphatic hydroxyl groups excluding tert-OH is 2. The molecule has 2 aromatic rings. The number of nitrogens with two attached hydrogens (primary N) is 1. The van der Waals surface area contributed by atoms with Crippen molar-refractivity contribution in [1.29, 1.82) is 0 Å². The van der Waals surface area contributed by atoms with Gasteiger partial charge in [-0.2, -0.15) is 8.62 Å². The second-order valence-corrected chi connectivity index (χ2v) is 11.9. The molecule has 2 aromatic heterocycles. The van der Waals surface area contributed by atoms with E-state index < -0.39 is 60.0 Å². The molecular weight excluding hydrogens is 527 g/mol. The molecule has 0 spiro atoms. The van der Waals surface area contributed by atoms with Crippen LogP contribution in [0.25, 0.3) is 11.2 Å². The highest BCUT2D eigenvalue weighted by Gasteiger charge is 2.58. The molecular formula is C13H22N5O13P3. The van der Waals surface area contributed by atoms with Crippen LogP contribution in [0.4, 0.5) is 5.82 Å². The van der Waals surface area contributed by atoms with Gasteiger partial charge in [-0.3, -0.25) is 9.09 Å². The minimum atomic E-state index is -5.73. The molecule has 3 rings (SSSR count). The number of anilines is 1. The standard InChI is InChI=1S/C13H22N5O13P3/c1-6(2)13(18-5-17-8-11(14)15-4-16-12(8)18)10(20)9(19)7(29-13)3-28-33(24,25)31-34(26,27)30-32(21,22)23/h4-7,9-10,19-20H,3H2,1-2H3,(H,24,25)(H,26,27)(H2,14,15,16)(H2,21,22,23)/t7-,9-,10-,13-/m1/s1. The van der Waals surface area contributed by atoms with Crippen molar-refractivity contribution in [2.24, 2.45) is 5.92 Å². The molecule has 6 atom stereocenters. The number of ether oxygens (including phenoxy) is 1. The largest absolute Gasteiger partial charge is 0.490 e. The summed E-state index contributed by atoms with van der Waals surface area (Å²) in [7, 11) is -16.8. The average Bonchev–Trinajstić information content (AvgIpc) is 3.19. The summed E-state index contributed by atoms with van der Waals surface area (Å²) in [5.41, 5.74) is 4.40. The smallest absolute Gasteiger partial charge is 0.387 e. The maximum atomic E-state index is 12.0. The van der Waals surface area contributed by atoms with Gasteiger partial charge in [0.2, 0.25) is 0 Å². The van der Waals surface area contributed by atoms with E-state index in [1.807, 2.05) is 0 Å². The summed E-state index contributed by atoms with van der Waals surface area (Å²) in [6.07, 6.45) is -2.48. The van der Waals surface area contributed by atoms with Gasteiger partial charge >= 0.3 is 23.5 Å². The van der Waals surface area contributed by atoms with E-state index in [0.717, 1.165) is 6.33 Å². The number of phosphoric ester groups is 1. The highest BCUT2D eigenvalue weighted by Crippen LogP contribution is 2.66. The highest BCUT2D eigenvalue weighted by atomic mass is 31.3. The van der Waals surface area contributed by atoms with E-state index >= 15 is 0 Å². The fourth-order valence-electron chi connectivity index (χ4n) is 3.50. The lowest BCUT2D eigenvalue weighted by Crippen LogP contribution is -2.49. The van der Waals surface area contributed by atoms with Crippen LogP contribution in [0.1, 0.15) is 13.8 Å². The Morgan fingerprint density at radius 2 is 1.76 bits per heavy atom. The van der Waals surface area contributed by atoms with Gasteiger partial charge in [0.15, 0.2) is 17.2 Å². The number of nitrogens with zero attached hydrogens (tertiary/aromatic N) is 4. The molecule has 0 aliphatic carbocycles. The zero-order valence-corrected chi connectivity index (χ0v) is 20.1. The third-order valence-corrected chi connectivity index (χ3v) is 8.65. The van der Waals surface area contributed by atoms with Crippen molar-refractivity contribution >= 4 is 40.4 Å². The van der Waals surface area contributed by atoms with Crippen LogP contribution in [0.3, 0.4) is 0 Å². The lowest BCUT2D eigenvalue weighted by molar-refractivity contribution is -0.173. The lowest BCUT2D eigenvalue weighted by atomic mass is 9.91. The summed E-state index contributed by atoms with van der Waals surface area (Å²) in [4.78, 5) is 48.0. The number of hydrogen-bond acceptors (Lipinski definition) is 13. The van der Waals surface area contributed by atoms with Crippen LogP contribution in [0.5, 0.6) is 0 Å². The number of nitrogen functional groups attached to an aromatic ring is 1. The first-order valence-electron chi connectivity index (χ1n) is 9.25. The van der Waals surface area contributed by atoms with Gasteiger partial charge in [-0.1, -0.05) is 13.8 Å². The van der Waals surface area contributed by atoms with Gasteiger partial charge in [0.1, 0.15) is 30.2 Å². The van der Waals surface area contributed by atoms with E-state index in [1.165, 1.54) is 10.9 Å². The highest BCUT2D eigenvalue weighted by molar-refractivity contribution is 7.66. The fraction of sp³-hybridized carbons (Fsp3) is 0.615. The first kappa shape index (κ1) is 27.2. The van der Waals surface area contributed by atoms with Crippen LogP contribution in [-0.4, -0.2) is 74.2 Å². The monoisotopic (exact) mass is 549 g/mol. The Labute approximate surface area is 190 Å². The van der Waals surface area contributed by atoms with Gasteiger partial charge in [0.05, 0.1) is 12.9 Å². The first-order chi connectivity index (χ1) is 15.5. The second kappa shape index (κ2) is 9.26. The van der Waals surface area contributed by atoms with Crippen molar-refractivity contribution in [2.45, 2.75) is 37.9 Å². The number of phosphoric acid groups is 3. The van der Waals surface area contributed by atoms with E-state index in [1.54, 1.807) is 13.8 Å². The van der Waals surface area contributed by atoms with Gasteiger partial charge in [-0.05, 0) is 0 Å². The Morgan fingerprint density at radius 1 is 1.12 bits per heavy atom. The summed E-state index contributed by atoms with van der Waals surface area (Å²) < 4.78 is 53.1. The van der Waals surface area contributed by atoms with Crippen LogP contribution in [0.15, 0.2) is 12.7 Å². The molecule has 1 aliphatic rings. The zero-order valence-electron chi connectivity index (χ0n) is 17.4. The molecule has 21 heteroatoms. The molecule has 8 N–H and O–H groups in total. The number of aromatic nitrogens is 4. The van der Waals surface area contributed by atoms with Crippen molar-refractivity contribution in [3.63, 3.8) is 0 Å².